The number of hydrogen-bond acceptors (Lipinski definition) is 3. The van der Waals surface area contributed by atoms with Crippen LogP contribution in [0.4, 0.5) is 0 Å². The molecule has 1 atom stereocenters. The Morgan fingerprint density at radius 2 is 1.70 bits per heavy atom. The third-order valence-corrected chi connectivity index (χ3v) is 6.32. The minimum Gasteiger partial charge on any atom is -0.344 e. The fraction of sp³-hybridized carbons (Fsp3) is 0.261. The summed E-state index contributed by atoms with van der Waals surface area (Å²) >= 11 is 1.83. The number of rotatable bonds is 5. The van der Waals surface area contributed by atoms with Gasteiger partial charge in [-0.15, -0.1) is 11.3 Å². The number of nitrogens with one attached hydrogen (secondary N) is 1. The smallest absolute Gasteiger partial charge is 0.234 e. The van der Waals surface area contributed by atoms with Gasteiger partial charge in [0.2, 0.25) is 5.91 Å². The minimum atomic E-state index is -0.128. The minimum absolute atomic E-state index is 0.0678. The third-order valence-electron chi connectivity index (χ3n) is 5.32. The maximum atomic E-state index is 12.9. The molecule has 0 aliphatic carbocycles. The number of thiophene rings is 1. The lowest BCUT2D eigenvalue weighted by Gasteiger charge is -2.33. The zero-order chi connectivity index (χ0) is 18.6. The Bertz CT molecular complexity index is 852. The first-order valence-electron chi connectivity index (χ1n) is 9.42. The van der Waals surface area contributed by atoms with E-state index in [1.54, 1.807) is 0 Å². The van der Waals surface area contributed by atoms with Crippen molar-refractivity contribution in [2.45, 2.75) is 25.4 Å². The van der Waals surface area contributed by atoms with E-state index in [2.05, 4.69) is 52.9 Å². The molecule has 4 heteroatoms. The van der Waals surface area contributed by atoms with E-state index in [0.717, 1.165) is 24.1 Å². The molecule has 138 valence electrons. The highest BCUT2D eigenvalue weighted by molar-refractivity contribution is 7.10. The number of fused-ring (bicyclic) bond motifs is 1. The van der Waals surface area contributed by atoms with Gasteiger partial charge in [0.15, 0.2) is 0 Å². The second kappa shape index (κ2) is 8.07. The molecule has 1 aliphatic rings. The predicted octanol–water partition coefficient (Wildman–Crippen LogP) is 4.57. The van der Waals surface area contributed by atoms with Crippen molar-refractivity contribution in [2.24, 2.45) is 0 Å². The zero-order valence-electron chi connectivity index (χ0n) is 15.5. The molecule has 2 aromatic carbocycles. The Kier molecular flexibility index (Phi) is 5.37. The van der Waals surface area contributed by atoms with Crippen molar-refractivity contribution >= 4 is 17.2 Å². The first-order valence-corrected chi connectivity index (χ1v) is 10.3. The molecular formula is C23H24N2OS. The van der Waals surface area contributed by atoms with Crippen LogP contribution >= 0.6 is 11.3 Å². The summed E-state index contributed by atoms with van der Waals surface area (Å²) in [6.45, 7) is 3.56. The highest BCUT2D eigenvalue weighted by Gasteiger charge is 2.27. The normalized spacial score (nSPS) is 16.9. The quantitative estimate of drug-likeness (QED) is 0.707. The third kappa shape index (κ3) is 3.97. The summed E-state index contributed by atoms with van der Waals surface area (Å²) < 4.78 is 0. The van der Waals surface area contributed by atoms with Crippen molar-refractivity contribution in [3.63, 3.8) is 0 Å². The van der Waals surface area contributed by atoms with Gasteiger partial charge in [-0.3, -0.25) is 9.69 Å². The van der Waals surface area contributed by atoms with Gasteiger partial charge in [0.1, 0.15) is 0 Å². The van der Waals surface area contributed by atoms with Crippen LogP contribution in [0, 0.1) is 0 Å². The van der Waals surface area contributed by atoms with Gasteiger partial charge in [0.05, 0.1) is 12.6 Å². The lowest BCUT2D eigenvalue weighted by molar-refractivity contribution is -0.123. The summed E-state index contributed by atoms with van der Waals surface area (Å²) in [6.07, 6.45) is 1.03. The maximum Gasteiger partial charge on any atom is 0.234 e. The molecule has 3 nitrogen and oxygen atoms in total. The van der Waals surface area contributed by atoms with Gasteiger partial charge in [-0.05, 0) is 41.5 Å². The maximum absolute atomic E-state index is 12.9. The molecule has 4 rings (SSSR count). The fourth-order valence-corrected chi connectivity index (χ4v) is 4.78. The highest BCUT2D eigenvalue weighted by Crippen LogP contribution is 2.32. The highest BCUT2D eigenvalue weighted by atomic mass is 32.1. The van der Waals surface area contributed by atoms with E-state index in [0.29, 0.717) is 6.54 Å². The second-order valence-electron chi connectivity index (χ2n) is 7.02. The van der Waals surface area contributed by atoms with Gasteiger partial charge in [0, 0.05) is 17.5 Å². The number of benzene rings is 2. The van der Waals surface area contributed by atoms with Crippen LogP contribution in [0.2, 0.25) is 0 Å². The van der Waals surface area contributed by atoms with Crippen molar-refractivity contribution in [3.8, 4) is 0 Å². The molecule has 0 bridgehead atoms. The molecule has 27 heavy (non-hydrogen) atoms. The molecule has 0 fully saturated rings. The van der Waals surface area contributed by atoms with Crippen molar-refractivity contribution in [1.29, 1.82) is 0 Å². The monoisotopic (exact) mass is 376 g/mol. The molecule has 0 spiro atoms. The molecule has 2 heterocycles. The van der Waals surface area contributed by atoms with Crippen LogP contribution in [0.3, 0.4) is 0 Å². The fourth-order valence-electron chi connectivity index (χ4n) is 3.82. The van der Waals surface area contributed by atoms with Crippen LogP contribution in [-0.4, -0.2) is 23.9 Å². The van der Waals surface area contributed by atoms with E-state index >= 15 is 0 Å². The second-order valence-corrected chi connectivity index (χ2v) is 8.02. The topological polar surface area (TPSA) is 32.3 Å². The number of carbonyl (C=O) groups excluding carboxylic acids is 1. The van der Waals surface area contributed by atoms with E-state index in [4.69, 9.17) is 0 Å². The van der Waals surface area contributed by atoms with Gasteiger partial charge in [-0.2, -0.15) is 0 Å². The average Bonchev–Trinajstić information content (AvgIpc) is 3.19. The first-order chi connectivity index (χ1) is 13.2. The Balaban J connectivity index is 1.49. The number of carbonyl (C=O) groups is 1. The molecule has 3 aromatic rings. The Labute approximate surface area is 164 Å². The first kappa shape index (κ1) is 18.0. The van der Waals surface area contributed by atoms with Gasteiger partial charge in [-0.1, -0.05) is 60.7 Å². The Hall–Kier alpha value is -2.43. The van der Waals surface area contributed by atoms with Crippen molar-refractivity contribution in [3.05, 3.63) is 93.7 Å². The molecule has 1 amide bonds. The van der Waals surface area contributed by atoms with E-state index in [-0.39, 0.29) is 18.0 Å². The van der Waals surface area contributed by atoms with Crippen molar-refractivity contribution < 1.29 is 4.79 Å². The van der Waals surface area contributed by atoms with E-state index < -0.39 is 0 Å². The van der Waals surface area contributed by atoms with Crippen LogP contribution < -0.4 is 5.32 Å². The summed E-state index contributed by atoms with van der Waals surface area (Å²) in [5.41, 5.74) is 3.58. The van der Waals surface area contributed by atoms with Crippen molar-refractivity contribution in [1.82, 2.24) is 10.2 Å². The van der Waals surface area contributed by atoms with Gasteiger partial charge < -0.3 is 5.32 Å². The molecular weight excluding hydrogens is 352 g/mol. The lowest BCUT2D eigenvalue weighted by atomic mass is 9.98. The van der Waals surface area contributed by atoms with Crippen LogP contribution in [0.15, 0.2) is 72.1 Å². The summed E-state index contributed by atoms with van der Waals surface area (Å²) in [7, 11) is 0. The summed E-state index contributed by atoms with van der Waals surface area (Å²) in [4.78, 5) is 16.7. The average molecular weight is 377 g/mol. The number of nitrogens with zero attached hydrogens (tertiary/aromatic N) is 1. The van der Waals surface area contributed by atoms with Crippen LogP contribution in [0.1, 0.15) is 40.6 Å². The molecule has 1 aliphatic heterocycles. The predicted molar refractivity (Wildman–Crippen MR) is 111 cm³/mol. The van der Waals surface area contributed by atoms with Crippen LogP contribution in [0.5, 0.6) is 0 Å². The Morgan fingerprint density at radius 1 is 1.07 bits per heavy atom. The SMILES string of the molecule is C[C@@H]1c2ccsc2CCN1CC(=O)NC(c1ccccc1)c1ccccc1. The lowest BCUT2D eigenvalue weighted by Crippen LogP contribution is -2.42. The van der Waals surface area contributed by atoms with Crippen molar-refractivity contribution in [2.75, 3.05) is 13.1 Å². The Morgan fingerprint density at radius 3 is 2.33 bits per heavy atom. The largest absolute Gasteiger partial charge is 0.344 e. The van der Waals surface area contributed by atoms with E-state index in [1.807, 2.05) is 47.7 Å². The van der Waals surface area contributed by atoms with Crippen LogP contribution in [-0.2, 0) is 11.2 Å². The molecule has 1 aromatic heterocycles. The molecule has 1 N–H and O–H groups in total. The molecule has 0 unspecified atom stereocenters. The number of hydrogen-bond donors (Lipinski definition) is 1. The molecule has 0 saturated carbocycles. The standard InChI is InChI=1S/C23H24N2OS/c1-17-20-13-15-27-21(20)12-14-25(17)16-22(26)24-23(18-8-4-2-5-9-18)19-10-6-3-7-11-19/h2-11,13,15,17,23H,12,14,16H2,1H3,(H,24,26)/t17-/m1/s1. The zero-order valence-corrected chi connectivity index (χ0v) is 16.3. The van der Waals surface area contributed by atoms with Gasteiger partial charge in [0.25, 0.3) is 0 Å². The summed E-state index contributed by atoms with van der Waals surface area (Å²) in [5, 5.41) is 5.42. The van der Waals surface area contributed by atoms with Gasteiger partial charge >= 0.3 is 0 Å². The van der Waals surface area contributed by atoms with E-state index in [1.165, 1.54) is 10.4 Å². The van der Waals surface area contributed by atoms with Gasteiger partial charge in [-0.25, -0.2) is 0 Å². The van der Waals surface area contributed by atoms with Crippen LogP contribution in [0.25, 0.3) is 0 Å². The summed E-state index contributed by atoms with van der Waals surface area (Å²) in [5.74, 6) is 0.0678. The summed E-state index contributed by atoms with van der Waals surface area (Å²) in [6, 6.07) is 22.7. The molecule has 0 saturated heterocycles. The number of amides is 1. The molecule has 0 radical (unpaired) electrons. The van der Waals surface area contributed by atoms with E-state index in [9.17, 15) is 4.79 Å².